The van der Waals surface area contributed by atoms with Crippen molar-refractivity contribution < 1.29 is 4.74 Å². The van der Waals surface area contributed by atoms with Crippen LogP contribution in [-0.4, -0.2) is 24.8 Å². The van der Waals surface area contributed by atoms with Crippen molar-refractivity contribution in [2.45, 2.75) is 25.8 Å². The van der Waals surface area contributed by atoms with Gasteiger partial charge in [-0.3, -0.25) is 0 Å². The molecule has 0 atom stereocenters. The van der Waals surface area contributed by atoms with Gasteiger partial charge in [-0.2, -0.15) is 0 Å². The van der Waals surface area contributed by atoms with Crippen LogP contribution in [0.1, 0.15) is 24.8 Å². The highest BCUT2D eigenvalue weighted by molar-refractivity contribution is 7.80. The first-order valence-corrected chi connectivity index (χ1v) is 9.88. The van der Waals surface area contributed by atoms with Gasteiger partial charge in [-0.05, 0) is 73.4 Å². The Bertz CT molecular complexity index is 737. The maximum absolute atomic E-state index is 5.48. The Kier molecular flexibility index (Phi) is 7.11. The van der Waals surface area contributed by atoms with Crippen molar-refractivity contribution in [2.24, 2.45) is 0 Å². The summed E-state index contributed by atoms with van der Waals surface area (Å²) in [5.74, 6) is 0.813. The molecule has 2 aromatic rings. The normalized spacial score (nSPS) is 13.7. The molecule has 1 aliphatic rings. The van der Waals surface area contributed by atoms with E-state index in [0.717, 1.165) is 11.4 Å². The first-order valence-electron chi connectivity index (χ1n) is 9.47. The second-order valence-corrected chi connectivity index (χ2v) is 7.05. The summed E-state index contributed by atoms with van der Waals surface area (Å²) in [6, 6.07) is 16.5. The Morgan fingerprint density at radius 2 is 1.74 bits per heavy atom. The van der Waals surface area contributed by atoms with E-state index in [1.165, 1.54) is 43.6 Å². The monoisotopic (exact) mass is 381 g/mol. The number of ether oxygens (including phenoxy) is 1. The van der Waals surface area contributed by atoms with E-state index >= 15 is 0 Å². The Morgan fingerprint density at radius 1 is 1.04 bits per heavy atom. The predicted molar refractivity (Wildman–Crippen MR) is 118 cm³/mol. The van der Waals surface area contributed by atoms with Crippen LogP contribution in [0.25, 0.3) is 0 Å². The van der Waals surface area contributed by atoms with Crippen LogP contribution in [0.2, 0.25) is 0 Å². The number of anilines is 2. The summed E-state index contributed by atoms with van der Waals surface area (Å²) in [6.45, 7) is 7.19. The minimum atomic E-state index is 0.503. The Labute approximate surface area is 167 Å². The molecule has 2 aromatic carbocycles. The van der Waals surface area contributed by atoms with Gasteiger partial charge in [-0.15, -0.1) is 0 Å². The lowest BCUT2D eigenvalue weighted by molar-refractivity contribution is 0.363. The van der Waals surface area contributed by atoms with Crippen LogP contribution in [0.3, 0.4) is 0 Å². The van der Waals surface area contributed by atoms with Gasteiger partial charge in [0.25, 0.3) is 0 Å². The Morgan fingerprint density at radius 3 is 2.41 bits per heavy atom. The van der Waals surface area contributed by atoms with Crippen LogP contribution < -0.4 is 20.3 Å². The summed E-state index contributed by atoms with van der Waals surface area (Å²) in [5, 5.41) is 7.06. The van der Waals surface area contributed by atoms with Crippen LogP contribution in [0.15, 0.2) is 61.2 Å². The molecule has 142 valence electrons. The molecule has 2 N–H and O–H groups in total. The molecule has 0 amide bonds. The number of nitrogens with one attached hydrogen (secondary N) is 2. The third-order valence-electron chi connectivity index (χ3n) is 4.59. The SMILES string of the molecule is C=CCOc1ccc(NC(=S)NCc2ccc(N3CCCCC3)cc2)cc1. The van der Waals surface area contributed by atoms with Crippen molar-refractivity contribution in [3.8, 4) is 5.75 Å². The molecule has 1 aliphatic heterocycles. The lowest BCUT2D eigenvalue weighted by Gasteiger charge is -2.28. The van der Waals surface area contributed by atoms with Gasteiger partial charge in [0.1, 0.15) is 12.4 Å². The maximum Gasteiger partial charge on any atom is 0.171 e. The molecule has 0 unspecified atom stereocenters. The van der Waals surface area contributed by atoms with Crippen LogP contribution >= 0.6 is 12.2 Å². The van der Waals surface area contributed by atoms with Crippen LogP contribution in [0, 0.1) is 0 Å². The molecule has 27 heavy (non-hydrogen) atoms. The Hall–Kier alpha value is -2.53. The summed E-state index contributed by atoms with van der Waals surface area (Å²) in [4.78, 5) is 2.47. The minimum absolute atomic E-state index is 0.503. The van der Waals surface area contributed by atoms with E-state index in [9.17, 15) is 0 Å². The molecule has 3 rings (SSSR count). The van der Waals surface area contributed by atoms with Gasteiger partial charge in [-0.1, -0.05) is 24.8 Å². The summed E-state index contributed by atoms with van der Waals surface area (Å²) >= 11 is 5.39. The van der Waals surface area contributed by atoms with Crippen molar-refractivity contribution in [3.05, 3.63) is 66.7 Å². The van der Waals surface area contributed by atoms with Gasteiger partial charge in [0.2, 0.25) is 0 Å². The fraction of sp³-hybridized carbons (Fsp3) is 0.318. The summed E-state index contributed by atoms with van der Waals surface area (Å²) in [6.07, 6.45) is 5.67. The molecule has 0 saturated carbocycles. The van der Waals surface area contributed by atoms with Gasteiger partial charge in [0.05, 0.1) is 0 Å². The predicted octanol–water partition coefficient (Wildman–Crippen LogP) is 4.73. The number of hydrogen-bond acceptors (Lipinski definition) is 3. The van der Waals surface area contributed by atoms with Gasteiger partial charge >= 0.3 is 0 Å². The summed E-state index contributed by atoms with van der Waals surface area (Å²) in [5.41, 5.74) is 3.46. The smallest absolute Gasteiger partial charge is 0.171 e. The number of hydrogen-bond donors (Lipinski definition) is 2. The van der Waals surface area contributed by atoms with Gasteiger partial charge in [-0.25, -0.2) is 0 Å². The van der Waals surface area contributed by atoms with Crippen LogP contribution in [0.5, 0.6) is 5.75 Å². The van der Waals surface area contributed by atoms with Crippen molar-refractivity contribution in [2.75, 3.05) is 29.9 Å². The quantitative estimate of drug-likeness (QED) is 0.536. The molecule has 1 heterocycles. The average Bonchev–Trinajstić information content (AvgIpc) is 2.73. The minimum Gasteiger partial charge on any atom is -0.490 e. The number of piperidine rings is 1. The van der Waals surface area contributed by atoms with E-state index in [4.69, 9.17) is 17.0 Å². The van der Waals surface area contributed by atoms with E-state index in [-0.39, 0.29) is 0 Å². The molecular weight excluding hydrogens is 354 g/mol. The largest absolute Gasteiger partial charge is 0.490 e. The second-order valence-electron chi connectivity index (χ2n) is 6.65. The third kappa shape index (κ3) is 6.00. The molecule has 0 aliphatic carbocycles. The summed E-state index contributed by atoms with van der Waals surface area (Å²) < 4.78 is 5.48. The zero-order chi connectivity index (χ0) is 18.9. The lowest BCUT2D eigenvalue weighted by atomic mass is 10.1. The Balaban J connectivity index is 1.45. The van der Waals surface area contributed by atoms with Gasteiger partial charge in [0.15, 0.2) is 5.11 Å². The number of nitrogens with zero attached hydrogens (tertiary/aromatic N) is 1. The molecule has 1 fully saturated rings. The lowest BCUT2D eigenvalue weighted by Crippen LogP contribution is -2.29. The summed E-state index contributed by atoms with van der Waals surface area (Å²) in [7, 11) is 0. The van der Waals surface area contributed by atoms with E-state index in [0.29, 0.717) is 18.3 Å². The topological polar surface area (TPSA) is 36.5 Å². The van der Waals surface area contributed by atoms with Crippen molar-refractivity contribution in [1.29, 1.82) is 0 Å². The van der Waals surface area contributed by atoms with Crippen molar-refractivity contribution >= 4 is 28.7 Å². The van der Waals surface area contributed by atoms with Crippen molar-refractivity contribution in [3.63, 3.8) is 0 Å². The highest BCUT2D eigenvalue weighted by Crippen LogP contribution is 2.20. The first-order chi connectivity index (χ1) is 13.2. The van der Waals surface area contributed by atoms with E-state index in [1.807, 2.05) is 24.3 Å². The number of thiocarbonyl (C=S) groups is 1. The average molecular weight is 382 g/mol. The van der Waals surface area contributed by atoms with Crippen LogP contribution in [-0.2, 0) is 6.54 Å². The third-order valence-corrected chi connectivity index (χ3v) is 4.84. The molecular formula is C22H27N3OS. The molecule has 0 bridgehead atoms. The van der Waals surface area contributed by atoms with Crippen molar-refractivity contribution in [1.82, 2.24) is 5.32 Å². The fourth-order valence-electron chi connectivity index (χ4n) is 3.12. The fourth-order valence-corrected chi connectivity index (χ4v) is 3.31. The molecule has 0 radical (unpaired) electrons. The zero-order valence-corrected chi connectivity index (χ0v) is 16.4. The molecule has 0 spiro atoms. The first kappa shape index (κ1) is 19.2. The van der Waals surface area contributed by atoms with E-state index in [2.05, 4.69) is 46.4 Å². The number of rotatable bonds is 7. The highest BCUT2D eigenvalue weighted by atomic mass is 32.1. The van der Waals surface area contributed by atoms with Crippen LogP contribution in [0.4, 0.5) is 11.4 Å². The van der Waals surface area contributed by atoms with Gasteiger partial charge in [0, 0.05) is 31.0 Å². The molecule has 4 nitrogen and oxygen atoms in total. The molecule has 0 aromatic heterocycles. The van der Waals surface area contributed by atoms with E-state index in [1.54, 1.807) is 6.08 Å². The zero-order valence-electron chi connectivity index (χ0n) is 15.6. The highest BCUT2D eigenvalue weighted by Gasteiger charge is 2.10. The maximum atomic E-state index is 5.48. The molecule has 1 saturated heterocycles. The number of benzene rings is 2. The van der Waals surface area contributed by atoms with Gasteiger partial charge < -0.3 is 20.3 Å². The standard InChI is InChI=1S/C22H27N3OS/c1-2-16-26-21-12-8-19(9-13-21)24-22(27)23-17-18-6-10-20(11-7-18)25-14-4-3-5-15-25/h2,6-13H,1,3-5,14-17H2,(H2,23,24,27). The van der Waals surface area contributed by atoms with E-state index < -0.39 is 0 Å². The second kappa shape index (κ2) is 9.97. The molecule has 5 heteroatoms.